The van der Waals surface area contributed by atoms with Crippen LogP contribution in [0.5, 0.6) is 5.75 Å². The van der Waals surface area contributed by atoms with Gasteiger partial charge < -0.3 is 15.4 Å². The van der Waals surface area contributed by atoms with Crippen LogP contribution in [0.25, 0.3) is 0 Å². The second-order valence-electron chi connectivity index (χ2n) is 6.89. The highest BCUT2D eigenvalue weighted by molar-refractivity contribution is 5.91. The summed E-state index contributed by atoms with van der Waals surface area (Å²) in [5.41, 5.74) is 3.11. The molecule has 2 aromatic carbocycles. The molecule has 1 unspecified atom stereocenters. The third-order valence-electron chi connectivity index (χ3n) is 3.98. The normalized spacial score (nSPS) is 12.4. The van der Waals surface area contributed by atoms with E-state index in [0.29, 0.717) is 11.4 Å². The van der Waals surface area contributed by atoms with Gasteiger partial charge in [0.05, 0.1) is 18.8 Å². The van der Waals surface area contributed by atoms with Crippen molar-refractivity contribution >= 4 is 11.7 Å². The first kappa shape index (κ1) is 17.9. The lowest BCUT2D eigenvalue weighted by molar-refractivity contribution is 0.249. The minimum absolute atomic E-state index is 0.0891. The van der Waals surface area contributed by atoms with Crippen molar-refractivity contribution in [2.24, 2.45) is 0 Å². The van der Waals surface area contributed by atoms with Crippen molar-refractivity contribution < 1.29 is 9.53 Å². The highest BCUT2D eigenvalue weighted by atomic mass is 16.5. The second kappa shape index (κ2) is 7.39. The molecule has 0 heterocycles. The molecule has 128 valence electrons. The van der Waals surface area contributed by atoms with Gasteiger partial charge >= 0.3 is 6.03 Å². The van der Waals surface area contributed by atoms with Crippen molar-refractivity contribution in [2.45, 2.75) is 39.2 Å². The van der Waals surface area contributed by atoms with E-state index in [0.717, 1.165) is 5.56 Å². The smallest absolute Gasteiger partial charge is 0.319 e. The maximum Gasteiger partial charge on any atom is 0.319 e. The Morgan fingerprint density at radius 3 is 2.25 bits per heavy atom. The van der Waals surface area contributed by atoms with Gasteiger partial charge in [-0.05, 0) is 35.6 Å². The molecule has 2 N–H and O–H groups in total. The lowest BCUT2D eigenvalue weighted by atomic mass is 9.86. The molecule has 0 fully saturated rings. The molecule has 1 atom stereocenters. The molecule has 0 aliphatic carbocycles. The first-order valence-corrected chi connectivity index (χ1v) is 8.12. The van der Waals surface area contributed by atoms with Crippen LogP contribution >= 0.6 is 0 Å². The number of benzene rings is 2. The number of nitrogens with one attached hydrogen (secondary N) is 2. The molecule has 0 saturated carbocycles. The van der Waals surface area contributed by atoms with Gasteiger partial charge in [0.1, 0.15) is 5.75 Å². The van der Waals surface area contributed by atoms with E-state index in [4.69, 9.17) is 4.74 Å². The quantitative estimate of drug-likeness (QED) is 0.841. The fraction of sp³-hybridized carbons (Fsp3) is 0.350. The van der Waals surface area contributed by atoms with E-state index in [1.165, 1.54) is 5.56 Å². The number of urea groups is 1. The largest absolute Gasteiger partial charge is 0.495 e. The van der Waals surface area contributed by atoms with Crippen LogP contribution in [0.4, 0.5) is 10.5 Å². The van der Waals surface area contributed by atoms with Crippen LogP contribution in [-0.4, -0.2) is 13.1 Å². The number of carbonyl (C=O) groups excluding carboxylic acids is 1. The number of ether oxygens (including phenoxy) is 1. The Morgan fingerprint density at radius 2 is 1.67 bits per heavy atom. The number of hydrogen-bond acceptors (Lipinski definition) is 2. The van der Waals surface area contributed by atoms with Crippen molar-refractivity contribution in [3.63, 3.8) is 0 Å². The van der Waals surface area contributed by atoms with Gasteiger partial charge in [-0.25, -0.2) is 4.79 Å². The van der Waals surface area contributed by atoms with Gasteiger partial charge in [-0.15, -0.1) is 0 Å². The molecule has 0 aliphatic rings. The van der Waals surface area contributed by atoms with Gasteiger partial charge in [0.25, 0.3) is 0 Å². The first-order valence-electron chi connectivity index (χ1n) is 8.12. The summed E-state index contributed by atoms with van der Waals surface area (Å²) in [7, 11) is 1.58. The predicted octanol–water partition coefficient (Wildman–Crippen LogP) is 4.88. The van der Waals surface area contributed by atoms with E-state index < -0.39 is 0 Å². The van der Waals surface area contributed by atoms with Crippen LogP contribution in [0.15, 0.2) is 48.5 Å². The summed E-state index contributed by atoms with van der Waals surface area (Å²) >= 11 is 0. The molecule has 0 bridgehead atoms. The van der Waals surface area contributed by atoms with Crippen LogP contribution in [0.2, 0.25) is 0 Å². The van der Waals surface area contributed by atoms with Crippen molar-refractivity contribution in [3.8, 4) is 5.75 Å². The average Bonchev–Trinajstić information content (AvgIpc) is 2.54. The van der Waals surface area contributed by atoms with Gasteiger partial charge in [0.15, 0.2) is 0 Å². The van der Waals surface area contributed by atoms with E-state index in [2.05, 4.69) is 55.7 Å². The maximum atomic E-state index is 12.2. The Hall–Kier alpha value is -2.49. The zero-order valence-electron chi connectivity index (χ0n) is 15.0. The Morgan fingerprint density at radius 1 is 1.04 bits per heavy atom. The summed E-state index contributed by atoms with van der Waals surface area (Å²) in [6.45, 7) is 8.52. The zero-order chi connectivity index (χ0) is 17.7. The van der Waals surface area contributed by atoms with Crippen molar-refractivity contribution in [2.75, 3.05) is 12.4 Å². The second-order valence-corrected chi connectivity index (χ2v) is 6.89. The molecule has 2 amide bonds. The highest BCUT2D eigenvalue weighted by Crippen LogP contribution is 2.25. The third-order valence-corrected chi connectivity index (χ3v) is 3.98. The molecule has 4 nitrogen and oxygen atoms in total. The van der Waals surface area contributed by atoms with E-state index in [-0.39, 0.29) is 17.5 Å². The Balaban J connectivity index is 2.01. The Kier molecular flexibility index (Phi) is 5.50. The number of methoxy groups -OCH3 is 1. The Bertz CT molecular complexity index is 688. The van der Waals surface area contributed by atoms with Gasteiger partial charge in [-0.1, -0.05) is 57.2 Å². The number of amides is 2. The maximum absolute atomic E-state index is 12.2. The molecule has 0 saturated heterocycles. The molecule has 0 spiro atoms. The van der Waals surface area contributed by atoms with Gasteiger partial charge in [0, 0.05) is 0 Å². The molecule has 2 rings (SSSR count). The SMILES string of the molecule is COc1ccccc1NC(=O)NC(C)c1ccc(C(C)(C)C)cc1. The topological polar surface area (TPSA) is 50.4 Å². The van der Waals surface area contributed by atoms with E-state index >= 15 is 0 Å². The van der Waals surface area contributed by atoms with Gasteiger partial charge in [-0.3, -0.25) is 0 Å². The molecular weight excluding hydrogens is 300 g/mol. The molecule has 4 heteroatoms. The summed E-state index contributed by atoms with van der Waals surface area (Å²) in [5.74, 6) is 0.634. The van der Waals surface area contributed by atoms with Crippen LogP contribution in [0.3, 0.4) is 0 Å². The average molecular weight is 326 g/mol. The molecule has 24 heavy (non-hydrogen) atoms. The fourth-order valence-corrected chi connectivity index (χ4v) is 2.46. The van der Waals surface area contributed by atoms with Crippen molar-refractivity contribution in [3.05, 3.63) is 59.7 Å². The third kappa shape index (κ3) is 4.51. The predicted molar refractivity (Wildman–Crippen MR) is 98.7 cm³/mol. The van der Waals surface area contributed by atoms with Crippen LogP contribution in [0.1, 0.15) is 44.9 Å². The standard InChI is InChI=1S/C20H26N2O2/c1-14(15-10-12-16(13-11-15)20(2,3)4)21-19(23)22-17-8-6-7-9-18(17)24-5/h6-14H,1-5H3,(H2,21,22,23). The minimum atomic E-state index is -0.258. The Labute approximate surface area is 144 Å². The minimum Gasteiger partial charge on any atom is -0.495 e. The molecule has 0 aliphatic heterocycles. The summed E-state index contributed by atoms with van der Waals surface area (Å²) in [4.78, 5) is 12.2. The van der Waals surface area contributed by atoms with Crippen LogP contribution in [0, 0.1) is 0 Å². The number of hydrogen-bond donors (Lipinski definition) is 2. The lowest BCUT2D eigenvalue weighted by Gasteiger charge is -2.21. The van der Waals surface area contributed by atoms with E-state index in [9.17, 15) is 4.79 Å². The molecular formula is C20H26N2O2. The van der Waals surface area contributed by atoms with E-state index in [1.807, 2.05) is 25.1 Å². The monoisotopic (exact) mass is 326 g/mol. The van der Waals surface area contributed by atoms with Gasteiger partial charge in [-0.2, -0.15) is 0 Å². The molecule has 0 radical (unpaired) electrons. The first-order chi connectivity index (χ1) is 11.3. The van der Waals surface area contributed by atoms with Crippen LogP contribution < -0.4 is 15.4 Å². The summed E-state index contributed by atoms with van der Waals surface area (Å²) in [6.07, 6.45) is 0. The lowest BCUT2D eigenvalue weighted by Crippen LogP contribution is -2.31. The number of para-hydroxylation sites is 2. The molecule has 0 aromatic heterocycles. The number of anilines is 1. The van der Waals surface area contributed by atoms with Crippen molar-refractivity contribution in [1.29, 1.82) is 0 Å². The summed E-state index contributed by atoms with van der Waals surface area (Å²) in [6, 6.07) is 15.3. The summed E-state index contributed by atoms with van der Waals surface area (Å²) < 4.78 is 5.24. The number of carbonyl (C=O) groups is 1. The zero-order valence-corrected chi connectivity index (χ0v) is 15.0. The highest BCUT2D eigenvalue weighted by Gasteiger charge is 2.15. The van der Waals surface area contributed by atoms with Crippen LogP contribution in [-0.2, 0) is 5.41 Å². The fourth-order valence-electron chi connectivity index (χ4n) is 2.46. The number of rotatable bonds is 4. The van der Waals surface area contributed by atoms with E-state index in [1.54, 1.807) is 13.2 Å². The molecule has 2 aromatic rings. The van der Waals surface area contributed by atoms with Crippen molar-refractivity contribution in [1.82, 2.24) is 5.32 Å². The van der Waals surface area contributed by atoms with Gasteiger partial charge in [0.2, 0.25) is 0 Å². The summed E-state index contributed by atoms with van der Waals surface area (Å²) in [5, 5.41) is 5.77.